The van der Waals surface area contributed by atoms with Crippen LogP contribution >= 0.6 is 11.8 Å². The third-order valence-electron chi connectivity index (χ3n) is 4.94. The van der Waals surface area contributed by atoms with Gasteiger partial charge in [0.1, 0.15) is 6.61 Å². The number of nitrogens with zero attached hydrogens (tertiary/aromatic N) is 3. The lowest BCUT2D eigenvalue weighted by Crippen LogP contribution is -2.25. The van der Waals surface area contributed by atoms with Crippen molar-refractivity contribution in [1.29, 1.82) is 0 Å². The Bertz CT molecular complexity index is 1180. The van der Waals surface area contributed by atoms with Crippen LogP contribution in [0, 0.1) is 0 Å². The lowest BCUT2D eigenvalue weighted by atomic mass is 10.2. The zero-order valence-corrected chi connectivity index (χ0v) is 18.7. The van der Waals surface area contributed by atoms with Gasteiger partial charge in [-0.25, -0.2) is 0 Å². The molecule has 33 heavy (non-hydrogen) atoms. The van der Waals surface area contributed by atoms with Gasteiger partial charge in [0.2, 0.25) is 11.8 Å². The lowest BCUT2D eigenvalue weighted by Gasteiger charge is -2.26. The molecule has 0 radical (unpaired) electrons. The van der Waals surface area contributed by atoms with Gasteiger partial charge >= 0.3 is 0 Å². The molecular weight excluding hydrogens is 442 g/mol. The summed E-state index contributed by atoms with van der Waals surface area (Å²) in [6.45, 7) is 6.35. The van der Waals surface area contributed by atoms with E-state index in [0.717, 1.165) is 0 Å². The number of nitrogens with one attached hydrogen (secondary N) is 1. The molecule has 3 N–H and O–H groups in total. The van der Waals surface area contributed by atoms with Gasteiger partial charge in [0, 0.05) is 17.8 Å². The largest absolute Gasteiger partial charge is 0.485 e. The number of para-hydroxylation sites is 2. The van der Waals surface area contributed by atoms with Gasteiger partial charge in [-0.15, -0.1) is 16.8 Å². The highest BCUT2D eigenvalue weighted by Gasteiger charge is 2.29. The molecule has 2 heterocycles. The number of primary amides is 1. The summed E-state index contributed by atoms with van der Waals surface area (Å²) >= 11 is 1.28. The van der Waals surface area contributed by atoms with Crippen LogP contribution in [-0.2, 0) is 11.3 Å². The molecule has 2 amide bonds. The van der Waals surface area contributed by atoms with E-state index in [1.165, 1.54) is 11.8 Å². The minimum absolute atomic E-state index is 0.215. The van der Waals surface area contributed by atoms with Crippen molar-refractivity contribution in [1.82, 2.24) is 14.8 Å². The van der Waals surface area contributed by atoms with Crippen LogP contribution in [0.3, 0.4) is 0 Å². The van der Waals surface area contributed by atoms with Crippen molar-refractivity contribution in [3.8, 4) is 11.5 Å². The number of amides is 2. The molecule has 2 aromatic carbocycles. The number of hydrogen-bond donors (Lipinski definition) is 2. The summed E-state index contributed by atoms with van der Waals surface area (Å²) in [6.07, 6.45) is 1.30. The Morgan fingerprint density at radius 3 is 2.67 bits per heavy atom. The third kappa shape index (κ3) is 5.01. The number of rotatable bonds is 8. The van der Waals surface area contributed by atoms with Gasteiger partial charge in [-0.3, -0.25) is 14.2 Å². The summed E-state index contributed by atoms with van der Waals surface area (Å²) in [7, 11) is 0. The molecule has 1 aliphatic heterocycles. The van der Waals surface area contributed by atoms with Gasteiger partial charge in [-0.1, -0.05) is 30.0 Å². The first-order valence-corrected chi connectivity index (χ1v) is 11.1. The molecule has 10 heteroatoms. The van der Waals surface area contributed by atoms with Gasteiger partial charge in [0.25, 0.3) is 0 Å². The van der Waals surface area contributed by atoms with Gasteiger partial charge in [0.05, 0.1) is 5.25 Å². The van der Waals surface area contributed by atoms with Crippen molar-refractivity contribution in [2.24, 2.45) is 5.73 Å². The smallest absolute Gasteiger partial charge is 0.248 e. The van der Waals surface area contributed by atoms with Gasteiger partial charge in [-0.2, -0.15) is 0 Å². The normalized spacial score (nSPS) is 15.5. The summed E-state index contributed by atoms with van der Waals surface area (Å²) in [4.78, 5) is 23.9. The van der Waals surface area contributed by atoms with Crippen LogP contribution in [0.5, 0.6) is 11.5 Å². The number of anilines is 1. The molecule has 4 rings (SSSR count). The molecule has 0 unspecified atom stereocenters. The molecule has 170 valence electrons. The first kappa shape index (κ1) is 22.4. The molecular formula is C23H23N5O4S. The summed E-state index contributed by atoms with van der Waals surface area (Å²) in [5, 5.41) is 11.5. The number of ether oxygens (including phenoxy) is 2. The number of fused-ring (bicyclic) bond motifs is 1. The fourth-order valence-electron chi connectivity index (χ4n) is 3.25. The minimum Gasteiger partial charge on any atom is -0.485 e. The highest BCUT2D eigenvalue weighted by atomic mass is 32.2. The Hall–Kier alpha value is -3.79. The molecule has 3 aromatic rings. The van der Waals surface area contributed by atoms with Crippen LogP contribution in [0.4, 0.5) is 5.69 Å². The highest BCUT2D eigenvalue weighted by molar-refractivity contribution is 8.00. The standard InChI is InChI=1S/C23H23N5O4S/c1-3-12-28-21(19-13-31-17-6-4-5-7-18(17)32-19)26-27-23(28)33-14(2)22(30)25-16-10-8-15(9-11-16)20(24)29/h3-11,14,19H,1,12-13H2,2H3,(H2,24,29)(H,25,30)/t14-,19-/m1/s1. The number of hydrogen-bond acceptors (Lipinski definition) is 7. The van der Waals surface area contributed by atoms with Crippen molar-refractivity contribution in [3.63, 3.8) is 0 Å². The number of thioether (sulfide) groups is 1. The fourth-order valence-corrected chi connectivity index (χ4v) is 4.11. The molecule has 0 aliphatic carbocycles. The summed E-state index contributed by atoms with van der Waals surface area (Å²) in [5.74, 6) is 1.19. The average molecular weight is 466 g/mol. The SMILES string of the molecule is C=CCn1c(S[C@H](C)C(=O)Nc2ccc(C(N)=O)cc2)nnc1[C@H]1COc2ccccc2O1. The maximum Gasteiger partial charge on any atom is 0.248 e. The van der Waals surface area contributed by atoms with E-state index in [0.29, 0.717) is 46.9 Å². The summed E-state index contributed by atoms with van der Waals surface area (Å²) in [6, 6.07) is 13.8. The number of aromatic nitrogens is 3. The second-order valence-electron chi connectivity index (χ2n) is 7.30. The van der Waals surface area contributed by atoms with Crippen LogP contribution in [0.15, 0.2) is 66.3 Å². The fraction of sp³-hybridized carbons (Fsp3) is 0.217. The Balaban J connectivity index is 1.46. The van der Waals surface area contributed by atoms with Crippen LogP contribution in [-0.4, -0.2) is 38.4 Å². The number of benzene rings is 2. The van der Waals surface area contributed by atoms with Crippen molar-refractivity contribution in [2.45, 2.75) is 30.0 Å². The number of carbonyl (C=O) groups is 2. The minimum atomic E-state index is -0.523. The first-order valence-electron chi connectivity index (χ1n) is 10.3. The van der Waals surface area contributed by atoms with E-state index < -0.39 is 17.3 Å². The second kappa shape index (κ2) is 9.78. The van der Waals surface area contributed by atoms with Crippen molar-refractivity contribution < 1.29 is 19.1 Å². The van der Waals surface area contributed by atoms with E-state index in [4.69, 9.17) is 15.2 Å². The second-order valence-corrected chi connectivity index (χ2v) is 8.60. The van der Waals surface area contributed by atoms with Crippen molar-refractivity contribution in [2.75, 3.05) is 11.9 Å². The molecule has 0 bridgehead atoms. The zero-order valence-electron chi connectivity index (χ0n) is 17.9. The Morgan fingerprint density at radius 1 is 1.24 bits per heavy atom. The maximum absolute atomic E-state index is 12.7. The summed E-state index contributed by atoms with van der Waals surface area (Å²) in [5.41, 5.74) is 6.19. The lowest BCUT2D eigenvalue weighted by molar-refractivity contribution is -0.115. The van der Waals surface area contributed by atoms with Gasteiger partial charge in [0.15, 0.2) is 28.6 Å². The third-order valence-corrected chi connectivity index (χ3v) is 6.02. The number of nitrogens with two attached hydrogens (primary N) is 1. The zero-order chi connectivity index (χ0) is 23.4. The quantitative estimate of drug-likeness (QED) is 0.387. The predicted octanol–water partition coefficient (Wildman–Crippen LogP) is 3.19. The Labute approximate surface area is 195 Å². The molecule has 9 nitrogen and oxygen atoms in total. The first-order chi connectivity index (χ1) is 16.0. The van der Waals surface area contributed by atoms with Crippen molar-refractivity contribution >= 4 is 29.3 Å². The van der Waals surface area contributed by atoms with Gasteiger partial charge < -0.3 is 20.5 Å². The van der Waals surface area contributed by atoms with E-state index >= 15 is 0 Å². The van der Waals surface area contributed by atoms with Gasteiger partial charge in [-0.05, 0) is 43.3 Å². The van der Waals surface area contributed by atoms with E-state index in [2.05, 4.69) is 22.1 Å². The van der Waals surface area contributed by atoms with E-state index in [1.54, 1.807) is 37.3 Å². The molecule has 1 aliphatic rings. The predicted molar refractivity (Wildman–Crippen MR) is 124 cm³/mol. The van der Waals surface area contributed by atoms with Crippen molar-refractivity contribution in [3.05, 3.63) is 72.6 Å². The van der Waals surface area contributed by atoms with E-state index in [-0.39, 0.29) is 5.91 Å². The molecule has 2 atom stereocenters. The van der Waals surface area contributed by atoms with Crippen LogP contribution < -0.4 is 20.5 Å². The van der Waals surface area contributed by atoms with E-state index in [9.17, 15) is 9.59 Å². The Morgan fingerprint density at radius 2 is 1.97 bits per heavy atom. The molecule has 0 fully saturated rings. The van der Waals surface area contributed by atoms with E-state index in [1.807, 2.05) is 28.8 Å². The number of allylic oxidation sites excluding steroid dienone is 1. The van der Waals surface area contributed by atoms with Crippen LogP contribution in [0.25, 0.3) is 0 Å². The van der Waals surface area contributed by atoms with Crippen LogP contribution in [0.2, 0.25) is 0 Å². The maximum atomic E-state index is 12.7. The summed E-state index contributed by atoms with van der Waals surface area (Å²) < 4.78 is 13.7. The molecule has 1 aromatic heterocycles. The number of carbonyl (C=O) groups excluding carboxylic acids is 2. The topological polar surface area (TPSA) is 121 Å². The van der Waals surface area contributed by atoms with Crippen LogP contribution in [0.1, 0.15) is 29.2 Å². The average Bonchev–Trinajstić information content (AvgIpc) is 3.21. The highest BCUT2D eigenvalue weighted by Crippen LogP contribution is 2.36. The monoisotopic (exact) mass is 465 g/mol. The molecule has 0 spiro atoms. The Kier molecular flexibility index (Phi) is 6.64. The molecule has 0 saturated heterocycles. The molecule has 0 saturated carbocycles.